The number of nitrogens with zero attached hydrogens (tertiary/aromatic N) is 2. The van der Waals surface area contributed by atoms with Crippen LogP contribution in [0.4, 0.5) is 22.7 Å². The molecule has 2 aromatic rings. The van der Waals surface area contributed by atoms with Crippen molar-refractivity contribution in [2.24, 2.45) is 0 Å². The number of nitrogens with one attached hydrogen (secondary N) is 1. The molecule has 0 fully saturated rings. The van der Waals surface area contributed by atoms with Gasteiger partial charge in [-0.25, -0.2) is 0 Å². The number of halogens is 1. The molecule has 24 heavy (non-hydrogen) atoms. The summed E-state index contributed by atoms with van der Waals surface area (Å²) in [5.41, 5.74) is 0.816. The predicted molar refractivity (Wildman–Crippen MR) is 92.0 cm³/mol. The van der Waals surface area contributed by atoms with Crippen molar-refractivity contribution in [2.45, 2.75) is 4.90 Å². The van der Waals surface area contributed by atoms with E-state index in [-0.39, 0.29) is 5.69 Å². The molecule has 0 spiro atoms. The van der Waals surface area contributed by atoms with Crippen LogP contribution in [0.1, 0.15) is 0 Å². The molecule has 2 aromatic carbocycles. The molecule has 0 unspecified atom stereocenters. The van der Waals surface area contributed by atoms with Gasteiger partial charge in [0.05, 0.1) is 15.6 Å². The Morgan fingerprint density at radius 1 is 1.17 bits per heavy atom. The fourth-order valence-electron chi connectivity index (χ4n) is 1.96. The molecular weight excluding hydrogens is 358 g/mol. The maximum atomic E-state index is 11.2. The molecule has 8 nitrogen and oxygen atoms in total. The Labute approximate surface area is 143 Å². The Morgan fingerprint density at radius 2 is 1.79 bits per heavy atom. The van der Waals surface area contributed by atoms with Gasteiger partial charge in [-0.1, -0.05) is 11.6 Å². The lowest BCUT2D eigenvalue weighted by Gasteiger charge is -2.15. The van der Waals surface area contributed by atoms with Crippen molar-refractivity contribution >= 4 is 44.5 Å². The van der Waals surface area contributed by atoms with Crippen molar-refractivity contribution in [1.29, 1.82) is 0 Å². The second-order valence-electron chi connectivity index (χ2n) is 5.09. The molecule has 0 aliphatic rings. The summed E-state index contributed by atoms with van der Waals surface area (Å²) in [6.07, 6.45) is 0. The lowest BCUT2D eigenvalue weighted by atomic mass is 10.2. The van der Waals surface area contributed by atoms with Crippen LogP contribution in [0.25, 0.3) is 0 Å². The van der Waals surface area contributed by atoms with Crippen molar-refractivity contribution in [3.8, 4) is 0 Å². The minimum Gasteiger partial charge on any atom is -0.378 e. The molecular formula is C14H14ClN3O5S. The molecule has 0 aromatic heterocycles. The monoisotopic (exact) mass is 371 g/mol. The Kier molecular flexibility index (Phi) is 4.97. The summed E-state index contributed by atoms with van der Waals surface area (Å²) in [6.45, 7) is 0. The molecule has 0 amide bonds. The van der Waals surface area contributed by atoms with Gasteiger partial charge < -0.3 is 10.2 Å². The fourth-order valence-corrected chi connectivity index (χ4v) is 2.68. The first-order chi connectivity index (χ1) is 11.1. The summed E-state index contributed by atoms with van der Waals surface area (Å²) in [5.74, 6) is 0. The molecule has 0 heterocycles. The maximum absolute atomic E-state index is 11.2. The summed E-state index contributed by atoms with van der Waals surface area (Å²) < 4.78 is 31.2. The number of hydrogen-bond acceptors (Lipinski definition) is 6. The highest BCUT2D eigenvalue weighted by Gasteiger charge is 2.20. The van der Waals surface area contributed by atoms with Crippen LogP contribution in [0.5, 0.6) is 0 Å². The van der Waals surface area contributed by atoms with Gasteiger partial charge in [-0.3, -0.25) is 14.7 Å². The van der Waals surface area contributed by atoms with Crippen LogP contribution in [0.3, 0.4) is 0 Å². The number of nitro benzene ring substituents is 1. The Morgan fingerprint density at radius 3 is 2.29 bits per heavy atom. The predicted octanol–water partition coefficient (Wildman–Crippen LogP) is 3.30. The van der Waals surface area contributed by atoms with Crippen LogP contribution in [-0.2, 0) is 10.1 Å². The number of nitro groups is 1. The van der Waals surface area contributed by atoms with E-state index in [2.05, 4.69) is 5.32 Å². The normalized spacial score (nSPS) is 11.2. The van der Waals surface area contributed by atoms with E-state index in [0.29, 0.717) is 10.7 Å². The third-order valence-electron chi connectivity index (χ3n) is 3.20. The Balaban J connectivity index is 2.45. The van der Waals surface area contributed by atoms with E-state index in [4.69, 9.17) is 16.2 Å². The van der Waals surface area contributed by atoms with Crippen LogP contribution in [0, 0.1) is 10.1 Å². The summed E-state index contributed by atoms with van der Waals surface area (Å²) in [7, 11) is -0.846. The number of rotatable bonds is 5. The van der Waals surface area contributed by atoms with Crippen LogP contribution in [0.2, 0.25) is 5.02 Å². The molecule has 0 saturated heterocycles. The van der Waals surface area contributed by atoms with Crippen LogP contribution in [0.15, 0.2) is 41.3 Å². The quantitative estimate of drug-likeness (QED) is 0.471. The minimum atomic E-state index is -4.54. The van der Waals surface area contributed by atoms with E-state index in [1.807, 2.05) is 19.0 Å². The van der Waals surface area contributed by atoms with Crippen LogP contribution < -0.4 is 10.2 Å². The van der Waals surface area contributed by atoms with E-state index in [0.717, 1.165) is 17.8 Å². The van der Waals surface area contributed by atoms with Gasteiger partial charge in [-0.2, -0.15) is 8.42 Å². The standard InChI is InChI=1S/C14H14ClN3O5S/c1-17(2)9-3-5-12(11(15)7-9)16-13-6-4-10(24(21,22)23)8-14(13)18(19)20/h3-8,16H,1-2H3,(H,21,22,23). The summed E-state index contributed by atoms with van der Waals surface area (Å²) >= 11 is 6.16. The fraction of sp³-hybridized carbons (Fsp3) is 0.143. The van der Waals surface area contributed by atoms with Gasteiger partial charge in [0.25, 0.3) is 15.8 Å². The van der Waals surface area contributed by atoms with E-state index in [1.165, 1.54) is 6.07 Å². The van der Waals surface area contributed by atoms with Gasteiger partial charge in [-0.15, -0.1) is 0 Å². The van der Waals surface area contributed by atoms with E-state index in [1.54, 1.807) is 18.2 Å². The minimum absolute atomic E-state index is 0.0481. The van der Waals surface area contributed by atoms with Crippen molar-refractivity contribution in [2.75, 3.05) is 24.3 Å². The SMILES string of the molecule is CN(C)c1ccc(Nc2ccc(S(=O)(=O)O)cc2[N+](=O)[O-])c(Cl)c1. The first-order valence-corrected chi connectivity index (χ1v) is 8.41. The number of hydrogen-bond donors (Lipinski definition) is 2. The van der Waals surface area contributed by atoms with Crippen molar-refractivity contribution < 1.29 is 17.9 Å². The highest BCUT2D eigenvalue weighted by atomic mass is 35.5. The first kappa shape index (κ1) is 18.0. The topological polar surface area (TPSA) is 113 Å². The second kappa shape index (κ2) is 6.63. The molecule has 0 atom stereocenters. The molecule has 10 heteroatoms. The van der Waals surface area contributed by atoms with E-state index >= 15 is 0 Å². The molecule has 2 rings (SSSR count). The van der Waals surface area contributed by atoms with Gasteiger partial charge in [-0.05, 0) is 30.3 Å². The molecule has 0 radical (unpaired) electrons. The summed E-state index contributed by atoms with van der Waals surface area (Å²) in [4.78, 5) is 11.7. The van der Waals surface area contributed by atoms with Gasteiger partial charge >= 0.3 is 0 Å². The highest BCUT2D eigenvalue weighted by molar-refractivity contribution is 7.85. The number of anilines is 3. The maximum Gasteiger partial charge on any atom is 0.294 e. The third kappa shape index (κ3) is 3.94. The van der Waals surface area contributed by atoms with Gasteiger partial charge in [0.2, 0.25) is 0 Å². The Hall–Kier alpha value is -2.36. The second-order valence-corrected chi connectivity index (χ2v) is 6.92. The van der Waals surface area contributed by atoms with Crippen LogP contribution >= 0.6 is 11.6 Å². The van der Waals surface area contributed by atoms with Crippen molar-refractivity contribution in [1.82, 2.24) is 0 Å². The smallest absolute Gasteiger partial charge is 0.294 e. The van der Waals surface area contributed by atoms with Crippen molar-refractivity contribution in [3.63, 3.8) is 0 Å². The van der Waals surface area contributed by atoms with E-state index in [9.17, 15) is 18.5 Å². The average molecular weight is 372 g/mol. The van der Waals surface area contributed by atoms with Crippen LogP contribution in [-0.4, -0.2) is 32.0 Å². The van der Waals surface area contributed by atoms with Gasteiger partial charge in [0.15, 0.2) is 0 Å². The van der Waals surface area contributed by atoms with E-state index < -0.39 is 25.6 Å². The zero-order valence-corrected chi connectivity index (χ0v) is 14.3. The molecule has 0 bridgehead atoms. The highest BCUT2D eigenvalue weighted by Crippen LogP contribution is 2.34. The lowest BCUT2D eigenvalue weighted by molar-refractivity contribution is -0.384. The molecule has 128 valence electrons. The molecule has 0 aliphatic carbocycles. The zero-order valence-electron chi connectivity index (χ0n) is 12.7. The third-order valence-corrected chi connectivity index (χ3v) is 4.36. The summed E-state index contributed by atoms with van der Waals surface area (Å²) in [5, 5.41) is 14.3. The van der Waals surface area contributed by atoms with Gasteiger partial charge in [0, 0.05) is 25.8 Å². The van der Waals surface area contributed by atoms with Crippen molar-refractivity contribution in [3.05, 3.63) is 51.5 Å². The van der Waals surface area contributed by atoms with Gasteiger partial charge in [0.1, 0.15) is 10.6 Å². The number of benzene rings is 2. The molecule has 0 saturated carbocycles. The molecule has 2 N–H and O–H groups in total. The summed E-state index contributed by atoms with van der Waals surface area (Å²) in [6, 6.07) is 8.14. The Bertz CT molecular complexity index is 899. The average Bonchev–Trinajstić information content (AvgIpc) is 2.48. The zero-order chi connectivity index (χ0) is 18.1. The largest absolute Gasteiger partial charge is 0.378 e. The molecule has 0 aliphatic heterocycles. The lowest BCUT2D eigenvalue weighted by Crippen LogP contribution is -2.08. The first-order valence-electron chi connectivity index (χ1n) is 6.59.